The van der Waals surface area contributed by atoms with Gasteiger partial charge in [0.1, 0.15) is 12.2 Å². The Labute approximate surface area is 293 Å². The van der Waals surface area contributed by atoms with Gasteiger partial charge in [-0.15, -0.1) is 0 Å². The molecule has 0 aliphatic carbocycles. The summed E-state index contributed by atoms with van der Waals surface area (Å²) in [5.41, 5.74) is 0. The Morgan fingerprint density at radius 3 is 0.979 bits per heavy atom. The molecular weight excluding hydrogens is 635 g/mol. The molecule has 48 heavy (non-hydrogen) atoms. The van der Waals surface area contributed by atoms with Gasteiger partial charge in [0.15, 0.2) is 0 Å². The molecule has 0 aromatic carbocycles. The number of phosphoric acid groups is 1. The minimum atomic E-state index is -4.61. The van der Waals surface area contributed by atoms with Gasteiger partial charge in [-0.2, -0.15) is 0 Å². The van der Waals surface area contributed by atoms with Crippen LogP contribution in [0, 0.1) is 0 Å². The molecule has 0 aliphatic rings. The van der Waals surface area contributed by atoms with Crippen molar-refractivity contribution in [3.05, 3.63) is 0 Å². The third kappa shape index (κ3) is 32.2. The first-order valence-corrected chi connectivity index (χ1v) is 21.0. The molecule has 286 valence electrons. The van der Waals surface area contributed by atoms with Gasteiger partial charge in [-0.3, -0.25) is 18.6 Å². The van der Waals surface area contributed by atoms with Crippen molar-refractivity contribution in [1.82, 2.24) is 0 Å². The third-order valence-corrected chi connectivity index (χ3v) is 9.52. The molecule has 0 bridgehead atoms. The van der Waals surface area contributed by atoms with E-state index in [9.17, 15) is 29.3 Å². The summed E-state index contributed by atoms with van der Waals surface area (Å²) in [6.07, 6.45) is 28.4. The highest BCUT2D eigenvalue weighted by Gasteiger charge is 2.27. The number of ether oxygens (including phenoxy) is 2. The van der Waals surface area contributed by atoms with Crippen molar-refractivity contribution < 1.29 is 47.8 Å². The van der Waals surface area contributed by atoms with Crippen molar-refractivity contribution in [2.24, 2.45) is 0 Å². The second kappa shape index (κ2) is 34.4. The van der Waals surface area contributed by atoms with E-state index in [1.807, 2.05) is 0 Å². The highest BCUT2D eigenvalue weighted by molar-refractivity contribution is 7.47. The Hall–Kier alpha value is -1.03. The zero-order valence-corrected chi connectivity index (χ0v) is 31.6. The molecular formula is C37H73O10P. The lowest BCUT2D eigenvalue weighted by Crippen LogP contribution is -2.28. The molecule has 0 fully saturated rings. The fraction of sp³-hybridized carbons (Fsp3) is 0.946. The number of carbonyl (C=O) groups is 2. The molecule has 0 rings (SSSR count). The summed E-state index contributed by atoms with van der Waals surface area (Å²) in [5.74, 6) is -1.02. The number of hydrogen-bond acceptors (Lipinski definition) is 9. The molecule has 0 saturated heterocycles. The van der Waals surface area contributed by atoms with E-state index in [-0.39, 0.29) is 12.8 Å². The molecule has 0 amide bonds. The van der Waals surface area contributed by atoms with Gasteiger partial charge < -0.3 is 24.6 Å². The normalized spacial score (nSPS) is 14.0. The lowest BCUT2D eigenvalue weighted by atomic mass is 10.0. The van der Waals surface area contributed by atoms with Gasteiger partial charge in [0.05, 0.1) is 26.4 Å². The van der Waals surface area contributed by atoms with Gasteiger partial charge in [-0.1, -0.05) is 162 Å². The van der Waals surface area contributed by atoms with Crippen molar-refractivity contribution in [2.75, 3.05) is 26.4 Å². The van der Waals surface area contributed by atoms with E-state index in [4.69, 9.17) is 18.5 Å². The molecule has 3 N–H and O–H groups in total. The van der Waals surface area contributed by atoms with Gasteiger partial charge in [0, 0.05) is 12.8 Å². The molecule has 0 saturated carbocycles. The van der Waals surface area contributed by atoms with Crippen LogP contribution in [-0.4, -0.2) is 65.7 Å². The van der Waals surface area contributed by atoms with Gasteiger partial charge in [0.2, 0.25) is 0 Å². The van der Waals surface area contributed by atoms with Crippen molar-refractivity contribution in [1.29, 1.82) is 0 Å². The zero-order chi connectivity index (χ0) is 35.6. The molecule has 0 aromatic rings. The minimum Gasteiger partial charge on any atom is -0.457 e. The Morgan fingerprint density at radius 2 is 0.729 bits per heavy atom. The predicted molar refractivity (Wildman–Crippen MR) is 192 cm³/mol. The summed E-state index contributed by atoms with van der Waals surface area (Å²) in [6.45, 7) is 2.14. The first-order chi connectivity index (χ1) is 23.3. The Kier molecular flexibility index (Phi) is 33.7. The van der Waals surface area contributed by atoms with E-state index in [2.05, 4.69) is 13.8 Å². The van der Waals surface area contributed by atoms with Crippen LogP contribution in [0.5, 0.6) is 0 Å². The molecule has 0 aromatic heterocycles. The number of hydrogen-bond donors (Lipinski definition) is 3. The van der Waals surface area contributed by atoms with Crippen molar-refractivity contribution in [3.8, 4) is 0 Å². The predicted octanol–water partition coefficient (Wildman–Crippen LogP) is 9.50. The summed E-state index contributed by atoms with van der Waals surface area (Å²) in [5, 5.41) is 19.0. The van der Waals surface area contributed by atoms with Crippen LogP contribution < -0.4 is 0 Å². The zero-order valence-electron chi connectivity index (χ0n) is 30.7. The largest absolute Gasteiger partial charge is 0.472 e. The molecule has 11 heteroatoms. The fourth-order valence-electron chi connectivity index (χ4n) is 5.53. The average Bonchev–Trinajstić information content (AvgIpc) is 3.07. The fourth-order valence-corrected chi connectivity index (χ4v) is 6.31. The van der Waals surface area contributed by atoms with Crippen molar-refractivity contribution in [2.45, 2.75) is 199 Å². The van der Waals surface area contributed by atoms with E-state index in [1.54, 1.807) is 0 Å². The number of carbonyl (C=O) groups excluding carboxylic acids is 2. The van der Waals surface area contributed by atoms with Crippen molar-refractivity contribution >= 4 is 19.8 Å². The summed E-state index contributed by atoms with van der Waals surface area (Å²) < 4.78 is 32.3. The van der Waals surface area contributed by atoms with E-state index >= 15 is 0 Å². The van der Waals surface area contributed by atoms with Crippen LogP contribution in [0.4, 0.5) is 0 Å². The highest BCUT2D eigenvalue weighted by atomic mass is 31.2. The van der Waals surface area contributed by atoms with Crippen LogP contribution in [0.25, 0.3) is 0 Å². The molecule has 3 unspecified atom stereocenters. The molecule has 0 spiro atoms. The SMILES string of the molecule is CCCCCCCCCCCCCCCCCCCCCC(=O)OC(CO)COP(=O)(O)OCC(CO)OC(=O)CCCCCCCC. The van der Waals surface area contributed by atoms with Gasteiger partial charge in [-0.25, -0.2) is 4.57 Å². The molecule has 10 nitrogen and oxygen atoms in total. The molecule has 0 heterocycles. The third-order valence-electron chi connectivity index (χ3n) is 8.57. The summed E-state index contributed by atoms with van der Waals surface area (Å²) >= 11 is 0. The smallest absolute Gasteiger partial charge is 0.457 e. The van der Waals surface area contributed by atoms with Crippen LogP contribution >= 0.6 is 7.82 Å². The summed E-state index contributed by atoms with van der Waals surface area (Å²) in [7, 11) is -4.61. The standard InChI is InChI=1S/C37H73O10P/c1-3-5-7-9-11-12-13-14-15-16-17-18-19-20-21-22-23-25-27-29-37(41)47-35(31-39)33-45-48(42,43)44-32-34(30-38)46-36(40)28-26-24-10-8-6-4-2/h34-35,38-39H,3-33H2,1-2H3,(H,42,43). The second-order valence-electron chi connectivity index (χ2n) is 13.3. The molecule has 3 atom stereocenters. The van der Waals surface area contributed by atoms with Crippen LogP contribution in [-0.2, 0) is 32.7 Å². The van der Waals surface area contributed by atoms with E-state index in [1.165, 1.54) is 103 Å². The van der Waals surface area contributed by atoms with Gasteiger partial charge in [-0.05, 0) is 12.8 Å². The molecule has 0 aliphatic heterocycles. The summed E-state index contributed by atoms with van der Waals surface area (Å²) in [4.78, 5) is 34.1. The lowest BCUT2D eigenvalue weighted by Gasteiger charge is -2.20. The highest BCUT2D eigenvalue weighted by Crippen LogP contribution is 2.43. The summed E-state index contributed by atoms with van der Waals surface area (Å²) in [6, 6.07) is 0. The van der Waals surface area contributed by atoms with Crippen molar-refractivity contribution in [3.63, 3.8) is 0 Å². The lowest BCUT2D eigenvalue weighted by molar-refractivity contribution is -0.153. The van der Waals surface area contributed by atoms with E-state index in [0.29, 0.717) is 12.8 Å². The number of esters is 2. The van der Waals surface area contributed by atoms with Crippen LogP contribution in [0.1, 0.15) is 187 Å². The average molecular weight is 709 g/mol. The molecule has 0 radical (unpaired) electrons. The maximum atomic E-state index is 12.3. The Morgan fingerprint density at radius 1 is 0.479 bits per heavy atom. The van der Waals surface area contributed by atoms with Crippen LogP contribution in [0.15, 0.2) is 0 Å². The van der Waals surface area contributed by atoms with E-state index in [0.717, 1.165) is 44.9 Å². The first kappa shape index (κ1) is 47.0. The topological polar surface area (TPSA) is 149 Å². The van der Waals surface area contributed by atoms with Crippen LogP contribution in [0.3, 0.4) is 0 Å². The van der Waals surface area contributed by atoms with Gasteiger partial charge in [0.25, 0.3) is 0 Å². The maximum Gasteiger partial charge on any atom is 0.472 e. The number of aliphatic hydroxyl groups excluding tert-OH is 2. The number of unbranched alkanes of at least 4 members (excludes halogenated alkanes) is 23. The Balaban J connectivity index is 3.83. The first-order valence-electron chi connectivity index (χ1n) is 19.5. The van der Waals surface area contributed by atoms with Crippen LogP contribution in [0.2, 0.25) is 0 Å². The second-order valence-corrected chi connectivity index (χ2v) is 14.7. The monoisotopic (exact) mass is 708 g/mol. The minimum absolute atomic E-state index is 0.193. The maximum absolute atomic E-state index is 12.3. The Bertz CT molecular complexity index is 781. The number of phosphoric ester groups is 1. The number of aliphatic hydroxyl groups is 2. The quantitative estimate of drug-likeness (QED) is 0.0324. The van der Waals surface area contributed by atoms with Gasteiger partial charge >= 0.3 is 19.8 Å². The number of rotatable bonds is 37. The van der Waals surface area contributed by atoms with E-state index < -0.39 is 58.4 Å².